The lowest BCUT2D eigenvalue weighted by Crippen LogP contribution is -2.51. The molecule has 104 valence electrons. The second kappa shape index (κ2) is 6.57. The number of hydrogen-bond acceptors (Lipinski definition) is 3. The summed E-state index contributed by atoms with van der Waals surface area (Å²) in [5, 5.41) is 4.16. The van der Waals surface area contributed by atoms with Gasteiger partial charge in [-0.2, -0.15) is 0 Å². The predicted molar refractivity (Wildman–Crippen MR) is 75.5 cm³/mol. The third kappa shape index (κ3) is 3.83. The van der Waals surface area contributed by atoms with Gasteiger partial charge in [-0.25, -0.2) is 0 Å². The first-order valence-corrected chi connectivity index (χ1v) is 6.83. The van der Waals surface area contributed by atoms with Crippen molar-refractivity contribution in [1.82, 2.24) is 10.2 Å². The molecule has 4 nitrogen and oxygen atoms in total. The van der Waals surface area contributed by atoms with E-state index in [2.05, 4.69) is 5.32 Å². The van der Waals surface area contributed by atoms with Crippen molar-refractivity contribution >= 4 is 29.1 Å². The highest BCUT2D eigenvalue weighted by molar-refractivity contribution is 6.42. The maximum atomic E-state index is 12.2. The number of carbonyl (C=O) groups is 1. The fourth-order valence-electron chi connectivity index (χ4n) is 1.98. The van der Waals surface area contributed by atoms with Gasteiger partial charge in [0.15, 0.2) is 0 Å². The highest BCUT2D eigenvalue weighted by atomic mass is 35.5. The molecule has 1 fully saturated rings. The van der Waals surface area contributed by atoms with E-state index in [1.54, 1.807) is 24.1 Å². The normalized spacial score (nSPS) is 19.2. The quantitative estimate of drug-likeness (QED) is 0.928. The van der Waals surface area contributed by atoms with Gasteiger partial charge < -0.3 is 15.0 Å². The van der Waals surface area contributed by atoms with Gasteiger partial charge in [-0.1, -0.05) is 29.3 Å². The van der Waals surface area contributed by atoms with E-state index in [4.69, 9.17) is 27.9 Å². The number of ether oxygens (including phenoxy) is 1. The Labute approximate surface area is 122 Å². The van der Waals surface area contributed by atoms with Crippen LogP contribution in [0, 0.1) is 0 Å². The molecule has 1 amide bonds. The first kappa shape index (κ1) is 14.6. The van der Waals surface area contributed by atoms with Crippen LogP contribution in [-0.2, 0) is 16.1 Å². The van der Waals surface area contributed by atoms with Crippen molar-refractivity contribution in [2.75, 3.05) is 26.8 Å². The number of halogens is 2. The molecule has 0 spiro atoms. The van der Waals surface area contributed by atoms with Crippen LogP contribution in [0.25, 0.3) is 0 Å². The van der Waals surface area contributed by atoms with Gasteiger partial charge in [0.2, 0.25) is 5.91 Å². The minimum absolute atomic E-state index is 0.0192. The second-order valence-electron chi connectivity index (χ2n) is 4.52. The summed E-state index contributed by atoms with van der Waals surface area (Å²) in [5.41, 5.74) is 0.946. The predicted octanol–water partition coefficient (Wildman–Crippen LogP) is 1.94. The molecule has 0 radical (unpaired) electrons. The van der Waals surface area contributed by atoms with Crippen LogP contribution in [0.4, 0.5) is 0 Å². The Hall–Kier alpha value is -0.810. The lowest BCUT2D eigenvalue weighted by molar-refractivity contribution is -0.135. The van der Waals surface area contributed by atoms with Gasteiger partial charge in [-0.3, -0.25) is 4.79 Å². The number of amides is 1. The standard InChI is InChI=1S/C13H16Cl2N2O2/c1-17(13(18)12-8-19-5-4-16-12)7-9-2-3-10(14)11(15)6-9/h2-3,6,12,16H,4-5,7-8H2,1H3. The van der Waals surface area contributed by atoms with Gasteiger partial charge in [0, 0.05) is 20.1 Å². The summed E-state index contributed by atoms with van der Waals surface area (Å²) >= 11 is 11.8. The molecule has 19 heavy (non-hydrogen) atoms. The average molecular weight is 303 g/mol. The molecule has 0 aromatic heterocycles. The van der Waals surface area contributed by atoms with E-state index in [-0.39, 0.29) is 11.9 Å². The smallest absolute Gasteiger partial charge is 0.242 e. The molecule has 0 aliphatic carbocycles. The molecule has 2 rings (SSSR count). The summed E-state index contributed by atoms with van der Waals surface area (Å²) in [6.07, 6.45) is 0. The minimum atomic E-state index is -0.262. The Balaban J connectivity index is 1.97. The van der Waals surface area contributed by atoms with Crippen molar-refractivity contribution in [2.45, 2.75) is 12.6 Å². The van der Waals surface area contributed by atoms with E-state index in [0.29, 0.717) is 36.3 Å². The summed E-state index contributed by atoms with van der Waals surface area (Å²) in [5.74, 6) is 0.0192. The number of nitrogens with one attached hydrogen (secondary N) is 1. The molecule has 1 aliphatic rings. The fraction of sp³-hybridized carbons (Fsp3) is 0.462. The van der Waals surface area contributed by atoms with Crippen molar-refractivity contribution in [3.8, 4) is 0 Å². The molecule has 1 atom stereocenters. The van der Waals surface area contributed by atoms with Crippen LogP contribution in [0.3, 0.4) is 0 Å². The first-order valence-electron chi connectivity index (χ1n) is 6.08. The lowest BCUT2D eigenvalue weighted by Gasteiger charge is -2.27. The Morgan fingerprint density at radius 1 is 1.47 bits per heavy atom. The van der Waals surface area contributed by atoms with E-state index in [9.17, 15) is 4.79 Å². The number of nitrogens with zero attached hydrogens (tertiary/aromatic N) is 1. The number of morpholine rings is 1. The maximum absolute atomic E-state index is 12.2. The molecule has 1 heterocycles. The number of likely N-dealkylation sites (N-methyl/N-ethyl adjacent to an activating group) is 1. The van der Waals surface area contributed by atoms with Crippen molar-refractivity contribution in [1.29, 1.82) is 0 Å². The number of rotatable bonds is 3. The van der Waals surface area contributed by atoms with E-state index in [1.165, 1.54) is 0 Å². The van der Waals surface area contributed by atoms with Gasteiger partial charge in [0.1, 0.15) is 6.04 Å². The van der Waals surface area contributed by atoms with Crippen LogP contribution in [-0.4, -0.2) is 43.7 Å². The van der Waals surface area contributed by atoms with E-state index < -0.39 is 0 Å². The Morgan fingerprint density at radius 2 is 2.26 bits per heavy atom. The molecule has 1 N–H and O–H groups in total. The highest BCUT2D eigenvalue weighted by Gasteiger charge is 2.24. The van der Waals surface area contributed by atoms with Gasteiger partial charge in [-0.15, -0.1) is 0 Å². The van der Waals surface area contributed by atoms with Gasteiger partial charge >= 0.3 is 0 Å². The molecule has 1 saturated heterocycles. The lowest BCUT2D eigenvalue weighted by atomic mass is 10.2. The Morgan fingerprint density at radius 3 is 2.89 bits per heavy atom. The number of hydrogen-bond donors (Lipinski definition) is 1. The molecule has 1 aliphatic heterocycles. The number of carbonyl (C=O) groups excluding carboxylic acids is 1. The fourth-order valence-corrected chi connectivity index (χ4v) is 2.30. The summed E-state index contributed by atoms with van der Waals surface area (Å²) in [4.78, 5) is 13.8. The maximum Gasteiger partial charge on any atom is 0.242 e. The summed E-state index contributed by atoms with van der Waals surface area (Å²) in [6, 6.07) is 5.11. The van der Waals surface area contributed by atoms with Gasteiger partial charge in [0.05, 0.1) is 23.3 Å². The van der Waals surface area contributed by atoms with Crippen LogP contribution in [0.5, 0.6) is 0 Å². The second-order valence-corrected chi connectivity index (χ2v) is 5.34. The minimum Gasteiger partial charge on any atom is -0.378 e. The molecule has 1 aromatic rings. The van der Waals surface area contributed by atoms with Crippen molar-refractivity contribution in [2.24, 2.45) is 0 Å². The molecule has 1 unspecified atom stereocenters. The molecule has 0 saturated carbocycles. The third-order valence-electron chi connectivity index (χ3n) is 3.00. The SMILES string of the molecule is CN(Cc1ccc(Cl)c(Cl)c1)C(=O)C1COCCN1. The summed E-state index contributed by atoms with van der Waals surface area (Å²) in [7, 11) is 1.77. The van der Waals surface area contributed by atoms with E-state index in [1.807, 2.05) is 6.07 Å². The molecule has 0 bridgehead atoms. The first-order chi connectivity index (χ1) is 9.08. The molecule has 1 aromatic carbocycles. The van der Waals surface area contributed by atoms with Gasteiger partial charge in [-0.05, 0) is 17.7 Å². The Bertz CT molecular complexity index is 462. The van der Waals surface area contributed by atoms with Crippen LogP contribution < -0.4 is 5.32 Å². The third-order valence-corrected chi connectivity index (χ3v) is 3.74. The highest BCUT2D eigenvalue weighted by Crippen LogP contribution is 2.23. The zero-order valence-corrected chi connectivity index (χ0v) is 12.2. The van der Waals surface area contributed by atoms with Crippen molar-refractivity contribution < 1.29 is 9.53 Å². The van der Waals surface area contributed by atoms with Crippen LogP contribution in [0.1, 0.15) is 5.56 Å². The summed E-state index contributed by atoms with van der Waals surface area (Å²) in [6.45, 7) is 2.27. The summed E-state index contributed by atoms with van der Waals surface area (Å²) < 4.78 is 5.29. The van der Waals surface area contributed by atoms with Gasteiger partial charge in [0.25, 0.3) is 0 Å². The monoisotopic (exact) mass is 302 g/mol. The van der Waals surface area contributed by atoms with Crippen LogP contribution in [0.2, 0.25) is 10.0 Å². The number of benzene rings is 1. The molecular weight excluding hydrogens is 287 g/mol. The molecular formula is C13H16Cl2N2O2. The zero-order valence-electron chi connectivity index (χ0n) is 10.7. The topological polar surface area (TPSA) is 41.6 Å². The van der Waals surface area contributed by atoms with Crippen molar-refractivity contribution in [3.63, 3.8) is 0 Å². The van der Waals surface area contributed by atoms with Crippen LogP contribution in [0.15, 0.2) is 18.2 Å². The average Bonchev–Trinajstić information content (AvgIpc) is 2.43. The van der Waals surface area contributed by atoms with Crippen LogP contribution >= 0.6 is 23.2 Å². The van der Waals surface area contributed by atoms with E-state index >= 15 is 0 Å². The largest absolute Gasteiger partial charge is 0.378 e. The van der Waals surface area contributed by atoms with Crippen molar-refractivity contribution in [3.05, 3.63) is 33.8 Å². The Kier molecular flexibility index (Phi) is 5.05. The van der Waals surface area contributed by atoms with E-state index in [0.717, 1.165) is 5.56 Å². The molecule has 6 heteroatoms. The zero-order chi connectivity index (χ0) is 13.8.